The minimum absolute atomic E-state index is 0.0250. The second-order valence-corrected chi connectivity index (χ2v) is 4.85. The predicted molar refractivity (Wildman–Crippen MR) is 58.5 cm³/mol. The van der Waals surface area contributed by atoms with Crippen molar-refractivity contribution in [3.63, 3.8) is 0 Å². The van der Waals surface area contributed by atoms with Crippen molar-refractivity contribution in [2.24, 2.45) is 0 Å². The minimum atomic E-state index is 0.0250. The van der Waals surface area contributed by atoms with Crippen molar-refractivity contribution in [1.29, 1.82) is 0 Å². The summed E-state index contributed by atoms with van der Waals surface area (Å²) in [4.78, 5) is 0. The molecule has 3 nitrogen and oxygen atoms in total. The van der Waals surface area contributed by atoms with Crippen molar-refractivity contribution < 1.29 is 9.84 Å². The molecule has 15 heavy (non-hydrogen) atoms. The number of hydrogen-bond donors (Lipinski definition) is 1. The molecule has 0 aliphatic carbocycles. The molecule has 2 rings (SSSR count). The molecule has 0 amide bonds. The molecule has 1 atom stereocenters. The quantitative estimate of drug-likeness (QED) is 0.825. The van der Waals surface area contributed by atoms with Gasteiger partial charge in [-0.15, -0.1) is 0 Å². The lowest BCUT2D eigenvalue weighted by Gasteiger charge is -2.20. The van der Waals surface area contributed by atoms with Crippen LogP contribution in [0.15, 0.2) is 18.3 Å². The molecule has 0 bridgehead atoms. The van der Waals surface area contributed by atoms with Crippen LogP contribution in [0.3, 0.4) is 0 Å². The van der Waals surface area contributed by atoms with Crippen LogP contribution in [0.4, 0.5) is 0 Å². The molecular weight excluding hydrogens is 190 g/mol. The van der Waals surface area contributed by atoms with E-state index < -0.39 is 0 Å². The molecule has 84 valence electrons. The lowest BCUT2D eigenvalue weighted by atomic mass is 10.1. The fourth-order valence-electron chi connectivity index (χ4n) is 2.20. The molecule has 1 N–H and O–H groups in total. The van der Waals surface area contributed by atoms with Crippen LogP contribution in [0.2, 0.25) is 0 Å². The summed E-state index contributed by atoms with van der Waals surface area (Å²) < 4.78 is 7.99. The van der Waals surface area contributed by atoms with Crippen molar-refractivity contribution in [3.05, 3.63) is 24.0 Å². The summed E-state index contributed by atoms with van der Waals surface area (Å²) in [7, 11) is 0. The highest BCUT2D eigenvalue weighted by Gasteiger charge is 2.31. The SMILES string of the molecule is CC1(C)CCC(Cn2cccc2CO)O1. The largest absolute Gasteiger partial charge is 0.390 e. The van der Waals surface area contributed by atoms with Gasteiger partial charge in [-0.25, -0.2) is 0 Å². The van der Waals surface area contributed by atoms with Gasteiger partial charge in [0.05, 0.1) is 18.3 Å². The lowest BCUT2D eigenvalue weighted by molar-refractivity contribution is -0.0221. The molecule has 1 saturated heterocycles. The topological polar surface area (TPSA) is 34.4 Å². The number of aromatic nitrogens is 1. The fraction of sp³-hybridized carbons (Fsp3) is 0.667. The van der Waals surface area contributed by atoms with E-state index in [4.69, 9.17) is 9.84 Å². The highest BCUT2D eigenvalue weighted by Crippen LogP contribution is 2.30. The van der Waals surface area contributed by atoms with Crippen molar-refractivity contribution in [2.75, 3.05) is 0 Å². The number of aliphatic hydroxyl groups excluding tert-OH is 1. The third kappa shape index (κ3) is 2.41. The third-order valence-corrected chi connectivity index (χ3v) is 3.04. The fourth-order valence-corrected chi connectivity index (χ4v) is 2.20. The molecule has 1 unspecified atom stereocenters. The zero-order valence-electron chi connectivity index (χ0n) is 9.44. The van der Waals surface area contributed by atoms with Crippen LogP contribution in [0.25, 0.3) is 0 Å². The lowest BCUT2D eigenvalue weighted by Crippen LogP contribution is -2.23. The average molecular weight is 209 g/mol. The van der Waals surface area contributed by atoms with Gasteiger partial charge in [-0.05, 0) is 38.8 Å². The Labute approximate surface area is 90.7 Å². The van der Waals surface area contributed by atoms with Crippen LogP contribution in [0.5, 0.6) is 0 Å². The maximum atomic E-state index is 9.12. The van der Waals surface area contributed by atoms with Crippen LogP contribution in [0, 0.1) is 0 Å². The van der Waals surface area contributed by atoms with Gasteiger partial charge in [0.1, 0.15) is 0 Å². The van der Waals surface area contributed by atoms with Gasteiger partial charge in [-0.1, -0.05) is 0 Å². The highest BCUT2D eigenvalue weighted by molar-refractivity contribution is 5.06. The molecule has 1 aliphatic rings. The van der Waals surface area contributed by atoms with Crippen LogP contribution in [-0.2, 0) is 17.9 Å². The van der Waals surface area contributed by atoms with Crippen molar-refractivity contribution in [1.82, 2.24) is 4.57 Å². The van der Waals surface area contributed by atoms with Crippen LogP contribution in [0.1, 0.15) is 32.4 Å². The second-order valence-electron chi connectivity index (χ2n) is 4.85. The molecule has 3 heteroatoms. The van der Waals surface area contributed by atoms with E-state index in [1.54, 1.807) is 0 Å². The Morgan fingerprint density at radius 3 is 3.00 bits per heavy atom. The monoisotopic (exact) mass is 209 g/mol. The van der Waals surface area contributed by atoms with Crippen LogP contribution < -0.4 is 0 Å². The number of rotatable bonds is 3. The van der Waals surface area contributed by atoms with Gasteiger partial charge in [0.2, 0.25) is 0 Å². The Kier molecular flexibility index (Phi) is 2.85. The van der Waals surface area contributed by atoms with Crippen molar-refractivity contribution in [2.45, 2.75) is 51.5 Å². The van der Waals surface area contributed by atoms with Gasteiger partial charge >= 0.3 is 0 Å². The van der Waals surface area contributed by atoms with Gasteiger partial charge in [-0.2, -0.15) is 0 Å². The summed E-state index contributed by atoms with van der Waals surface area (Å²) in [6, 6.07) is 3.91. The van der Waals surface area contributed by atoms with E-state index in [1.165, 1.54) is 0 Å². The number of hydrogen-bond acceptors (Lipinski definition) is 2. The van der Waals surface area contributed by atoms with E-state index in [0.717, 1.165) is 25.1 Å². The maximum absolute atomic E-state index is 9.12. The predicted octanol–water partition coefficient (Wildman–Crippen LogP) is 1.94. The molecular formula is C12H19NO2. The van der Waals surface area contributed by atoms with Crippen LogP contribution >= 0.6 is 0 Å². The van der Waals surface area contributed by atoms with Crippen LogP contribution in [-0.4, -0.2) is 21.4 Å². The van der Waals surface area contributed by atoms with E-state index in [9.17, 15) is 0 Å². The molecule has 2 heterocycles. The van der Waals surface area contributed by atoms with Gasteiger partial charge in [0, 0.05) is 18.4 Å². The molecule has 1 aliphatic heterocycles. The van der Waals surface area contributed by atoms with Gasteiger partial charge < -0.3 is 14.4 Å². The Bertz CT molecular complexity index is 330. The summed E-state index contributed by atoms with van der Waals surface area (Å²) in [6.07, 6.45) is 4.52. The highest BCUT2D eigenvalue weighted by atomic mass is 16.5. The smallest absolute Gasteiger partial charge is 0.0832 e. The first-order valence-corrected chi connectivity index (χ1v) is 5.53. The first kappa shape index (κ1) is 10.7. The number of aliphatic hydroxyl groups is 1. The molecule has 0 saturated carbocycles. The molecule has 0 aromatic carbocycles. The van der Waals surface area contributed by atoms with E-state index in [-0.39, 0.29) is 18.3 Å². The third-order valence-electron chi connectivity index (χ3n) is 3.04. The van der Waals surface area contributed by atoms with Crippen molar-refractivity contribution >= 4 is 0 Å². The van der Waals surface area contributed by atoms with E-state index >= 15 is 0 Å². The van der Waals surface area contributed by atoms with E-state index in [1.807, 2.05) is 18.3 Å². The van der Waals surface area contributed by atoms with Gasteiger partial charge in [0.25, 0.3) is 0 Å². The summed E-state index contributed by atoms with van der Waals surface area (Å²) >= 11 is 0. The first-order chi connectivity index (χ1) is 7.11. The Morgan fingerprint density at radius 1 is 1.60 bits per heavy atom. The van der Waals surface area contributed by atoms with Crippen molar-refractivity contribution in [3.8, 4) is 0 Å². The zero-order valence-corrected chi connectivity index (χ0v) is 9.44. The molecule has 1 fully saturated rings. The number of nitrogens with zero attached hydrogens (tertiary/aromatic N) is 1. The minimum Gasteiger partial charge on any atom is -0.390 e. The molecule has 0 spiro atoms. The molecule has 1 aromatic heterocycles. The normalized spacial score (nSPS) is 24.6. The molecule has 0 radical (unpaired) electrons. The standard InChI is InChI=1S/C12H19NO2/c1-12(2)6-5-11(15-12)8-13-7-3-4-10(13)9-14/h3-4,7,11,14H,5-6,8-9H2,1-2H3. The summed E-state index contributed by atoms with van der Waals surface area (Å²) in [5.41, 5.74) is 0.986. The Balaban J connectivity index is 1.98. The zero-order chi connectivity index (χ0) is 10.9. The molecule has 1 aromatic rings. The average Bonchev–Trinajstić information content (AvgIpc) is 2.73. The summed E-state index contributed by atoms with van der Waals surface area (Å²) in [5, 5.41) is 9.12. The Hall–Kier alpha value is -0.800. The maximum Gasteiger partial charge on any atom is 0.0832 e. The van der Waals surface area contributed by atoms with E-state index in [0.29, 0.717) is 0 Å². The first-order valence-electron chi connectivity index (χ1n) is 5.53. The summed E-state index contributed by atoms with van der Waals surface area (Å²) in [6.45, 7) is 5.22. The van der Waals surface area contributed by atoms with Gasteiger partial charge in [-0.3, -0.25) is 0 Å². The van der Waals surface area contributed by atoms with Gasteiger partial charge in [0.15, 0.2) is 0 Å². The Morgan fingerprint density at radius 2 is 2.40 bits per heavy atom. The van der Waals surface area contributed by atoms with E-state index in [2.05, 4.69) is 18.4 Å². The number of ether oxygens (including phenoxy) is 1. The second kappa shape index (κ2) is 3.99. The summed E-state index contributed by atoms with van der Waals surface area (Å²) in [5.74, 6) is 0.